The second-order valence-corrected chi connectivity index (χ2v) is 8.31. The number of aliphatic hydroxyl groups is 1. The van der Waals surface area contributed by atoms with Gasteiger partial charge in [-0.15, -0.1) is 0 Å². The molecule has 4 heterocycles. The van der Waals surface area contributed by atoms with Crippen LogP contribution in [0.4, 0.5) is 0 Å². The van der Waals surface area contributed by atoms with Crippen LogP contribution in [0.1, 0.15) is 34.1 Å². The summed E-state index contributed by atoms with van der Waals surface area (Å²) in [6.45, 7) is 3.81. The molecule has 1 amide bonds. The summed E-state index contributed by atoms with van der Waals surface area (Å²) in [5.74, 6) is -1.90. The minimum absolute atomic E-state index is 0.0102. The van der Waals surface area contributed by atoms with Crippen LogP contribution < -0.4 is 0 Å². The van der Waals surface area contributed by atoms with Crippen molar-refractivity contribution in [2.75, 3.05) is 0 Å². The zero-order chi connectivity index (χ0) is 24.0. The molecule has 0 radical (unpaired) electrons. The monoisotopic (exact) mass is 454 g/mol. The number of carbonyl (C=O) groups is 2. The van der Waals surface area contributed by atoms with Gasteiger partial charge in [-0.2, -0.15) is 0 Å². The van der Waals surface area contributed by atoms with Gasteiger partial charge in [0.25, 0.3) is 11.7 Å². The van der Waals surface area contributed by atoms with E-state index in [9.17, 15) is 19.8 Å². The van der Waals surface area contributed by atoms with Crippen LogP contribution in [0, 0.1) is 13.8 Å². The van der Waals surface area contributed by atoms with E-state index in [4.69, 9.17) is 0 Å². The van der Waals surface area contributed by atoms with Gasteiger partial charge in [-0.1, -0.05) is 24.3 Å². The lowest BCUT2D eigenvalue weighted by atomic mass is 9.96. The van der Waals surface area contributed by atoms with Gasteiger partial charge in [-0.25, -0.2) is 4.98 Å². The van der Waals surface area contributed by atoms with Crippen LogP contribution in [0.25, 0.3) is 11.4 Å². The average molecular weight is 454 g/mol. The van der Waals surface area contributed by atoms with Crippen molar-refractivity contribution in [2.24, 2.45) is 0 Å². The van der Waals surface area contributed by atoms with E-state index in [-0.39, 0.29) is 29.3 Å². The van der Waals surface area contributed by atoms with Gasteiger partial charge in [-0.3, -0.25) is 14.6 Å². The highest BCUT2D eigenvalue weighted by atomic mass is 16.3. The van der Waals surface area contributed by atoms with E-state index in [1.54, 1.807) is 43.6 Å². The number of benzene rings is 1. The molecule has 4 aromatic rings. The largest absolute Gasteiger partial charge is 0.508 e. The maximum absolute atomic E-state index is 13.3. The number of ketones is 1. The zero-order valence-electron chi connectivity index (χ0n) is 18.6. The predicted octanol–water partition coefficient (Wildman–Crippen LogP) is 3.67. The molecule has 1 aromatic carbocycles. The molecular formula is C26H22N4O4. The summed E-state index contributed by atoms with van der Waals surface area (Å²) in [7, 11) is 0. The average Bonchev–Trinajstić information content (AvgIpc) is 3.30. The van der Waals surface area contributed by atoms with Crippen molar-refractivity contribution in [3.05, 3.63) is 101 Å². The number of aryl methyl sites for hydroxylation is 2. The van der Waals surface area contributed by atoms with Crippen molar-refractivity contribution >= 4 is 23.1 Å². The fraction of sp³-hybridized carbons (Fsp3) is 0.154. The van der Waals surface area contributed by atoms with E-state index < -0.39 is 17.7 Å². The summed E-state index contributed by atoms with van der Waals surface area (Å²) in [5.41, 5.74) is 3.61. The van der Waals surface area contributed by atoms with E-state index in [0.717, 1.165) is 11.1 Å². The molecule has 170 valence electrons. The molecule has 3 aromatic heterocycles. The Balaban J connectivity index is 1.72. The predicted molar refractivity (Wildman–Crippen MR) is 125 cm³/mol. The Morgan fingerprint density at radius 3 is 2.62 bits per heavy atom. The van der Waals surface area contributed by atoms with Crippen LogP contribution in [-0.4, -0.2) is 41.2 Å². The van der Waals surface area contributed by atoms with Crippen molar-refractivity contribution in [1.82, 2.24) is 19.3 Å². The fourth-order valence-corrected chi connectivity index (χ4v) is 4.45. The Hall–Kier alpha value is -4.46. The molecule has 8 nitrogen and oxygen atoms in total. The number of aromatic nitrogens is 3. The maximum Gasteiger partial charge on any atom is 0.295 e. The van der Waals surface area contributed by atoms with Crippen molar-refractivity contribution < 1.29 is 19.8 Å². The number of phenolic OH excluding ortho intramolecular Hbond substituents is 1. The number of likely N-dealkylation sites (tertiary alicyclic amines) is 1. The van der Waals surface area contributed by atoms with Crippen LogP contribution in [-0.2, 0) is 16.1 Å². The van der Waals surface area contributed by atoms with Gasteiger partial charge < -0.3 is 19.5 Å². The van der Waals surface area contributed by atoms with E-state index in [1.165, 1.54) is 17.0 Å². The summed E-state index contributed by atoms with van der Waals surface area (Å²) in [5, 5.41) is 21.5. The summed E-state index contributed by atoms with van der Waals surface area (Å²) in [6, 6.07) is 12.8. The van der Waals surface area contributed by atoms with Crippen LogP contribution in [0.15, 0.2) is 72.7 Å². The van der Waals surface area contributed by atoms with Crippen LogP contribution in [0.2, 0.25) is 0 Å². The molecule has 2 N–H and O–H groups in total. The first kappa shape index (κ1) is 21.4. The molecule has 8 heteroatoms. The highest BCUT2D eigenvalue weighted by Crippen LogP contribution is 2.41. The van der Waals surface area contributed by atoms with Gasteiger partial charge >= 0.3 is 0 Å². The van der Waals surface area contributed by atoms with E-state index in [1.807, 2.05) is 29.7 Å². The van der Waals surface area contributed by atoms with Gasteiger partial charge in [0, 0.05) is 25.1 Å². The Labute approximate surface area is 195 Å². The maximum atomic E-state index is 13.3. The van der Waals surface area contributed by atoms with E-state index in [0.29, 0.717) is 16.9 Å². The van der Waals surface area contributed by atoms with E-state index >= 15 is 0 Å². The molecule has 0 aliphatic carbocycles. The lowest BCUT2D eigenvalue weighted by Crippen LogP contribution is -2.29. The molecule has 1 atom stereocenters. The lowest BCUT2D eigenvalue weighted by molar-refractivity contribution is -0.140. The molecule has 1 aliphatic heterocycles. The number of imidazole rings is 1. The first-order valence-electron chi connectivity index (χ1n) is 10.8. The van der Waals surface area contributed by atoms with Crippen molar-refractivity contribution in [3.63, 3.8) is 0 Å². The SMILES string of the molecule is Cc1cccn2c(C)c(C(O)=C3C(=O)C(=O)N(Cc4cccnc4)C3c3cccc(O)c3)nc12. The first-order valence-corrected chi connectivity index (χ1v) is 10.8. The molecule has 1 saturated heterocycles. The smallest absolute Gasteiger partial charge is 0.295 e. The highest BCUT2D eigenvalue weighted by molar-refractivity contribution is 6.46. The fourth-order valence-electron chi connectivity index (χ4n) is 4.45. The van der Waals surface area contributed by atoms with Gasteiger partial charge in [-0.05, 0) is 54.8 Å². The summed E-state index contributed by atoms with van der Waals surface area (Å²) in [6.07, 6.45) is 5.07. The van der Waals surface area contributed by atoms with Gasteiger partial charge in [0.1, 0.15) is 17.1 Å². The number of nitrogens with zero attached hydrogens (tertiary/aromatic N) is 4. The molecule has 1 aliphatic rings. The topological polar surface area (TPSA) is 108 Å². The normalized spacial score (nSPS) is 17.6. The number of fused-ring (bicyclic) bond motifs is 1. The summed E-state index contributed by atoms with van der Waals surface area (Å²) in [4.78, 5) is 36.5. The summed E-state index contributed by atoms with van der Waals surface area (Å²) >= 11 is 0. The Kier molecular flexibility index (Phi) is 5.13. The number of carbonyl (C=O) groups excluding carboxylic acids is 2. The Morgan fingerprint density at radius 2 is 1.91 bits per heavy atom. The number of hydrogen-bond acceptors (Lipinski definition) is 6. The molecule has 0 spiro atoms. The number of Topliss-reactive ketones (excluding diaryl/α,β-unsaturated/α-hetero) is 1. The quantitative estimate of drug-likeness (QED) is 0.277. The van der Waals surface area contributed by atoms with Gasteiger partial charge in [0.2, 0.25) is 0 Å². The standard InChI is InChI=1S/C26H22N4O4/c1-15-6-5-11-29-16(2)21(28-25(15)29)23(32)20-22(18-8-3-9-19(31)12-18)30(26(34)24(20)33)14-17-7-4-10-27-13-17/h3-13,22,31-32H,14H2,1-2H3. The first-order chi connectivity index (χ1) is 16.4. The molecule has 5 rings (SSSR count). The summed E-state index contributed by atoms with van der Waals surface area (Å²) < 4.78 is 1.83. The van der Waals surface area contributed by atoms with Gasteiger partial charge in [0.05, 0.1) is 17.3 Å². The third-order valence-electron chi connectivity index (χ3n) is 6.11. The molecule has 0 bridgehead atoms. The van der Waals surface area contributed by atoms with Crippen LogP contribution in [0.5, 0.6) is 5.75 Å². The third kappa shape index (κ3) is 3.40. The Bertz CT molecular complexity index is 1470. The Morgan fingerprint density at radius 1 is 1.09 bits per heavy atom. The number of pyridine rings is 2. The number of amides is 1. The minimum atomic E-state index is -0.905. The molecule has 0 saturated carbocycles. The number of aliphatic hydroxyl groups excluding tert-OH is 1. The lowest BCUT2D eigenvalue weighted by Gasteiger charge is -2.25. The zero-order valence-corrected chi connectivity index (χ0v) is 18.6. The van der Waals surface area contributed by atoms with Crippen molar-refractivity contribution in [3.8, 4) is 5.75 Å². The molecule has 34 heavy (non-hydrogen) atoms. The number of rotatable bonds is 4. The van der Waals surface area contributed by atoms with E-state index in [2.05, 4.69) is 9.97 Å². The molecule has 1 fully saturated rings. The van der Waals surface area contributed by atoms with Crippen LogP contribution >= 0.6 is 0 Å². The minimum Gasteiger partial charge on any atom is -0.508 e. The highest BCUT2D eigenvalue weighted by Gasteiger charge is 2.46. The van der Waals surface area contributed by atoms with Crippen molar-refractivity contribution in [2.45, 2.75) is 26.4 Å². The number of phenols is 1. The van der Waals surface area contributed by atoms with Crippen molar-refractivity contribution in [1.29, 1.82) is 0 Å². The second kappa shape index (κ2) is 8.15. The molecule has 1 unspecified atom stereocenters. The molecular weight excluding hydrogens is 432 g/mol. The number of aromatic hydroxyl groups is 1. The number of hydrogen-bond donors (Lipinski definition) is 2. The van der Waals surface area contributed by atoms with Gasteiger partial charge in [0.15, 0.2) is 5.76 Å². The second-order valence-electron chi connectivity index (χ2n) is 8.31. The van der Waals surface area contributed by atoms with Crippen LogP contribution in [0.3, 0.4) is 0 Å². The third-order valence-corrected chi connectivity index (χ3v) is 6.11.